The van der Waals surface area contributed by atoms with Gasteiger partial charge in [0.1, 0.15) is 0 Å². The maximum absolute atomic E-state index is 6.17. The van der Waals surface area contributed by atoms with Crippen LogP contribution in [-0.4, -0.2) is 13.1 Å². The lowest BCUT2D eigenvalue weighted by Crippen LogP contribution is -2.15. The second-order valence-corrected chi connectivity index (χ2v) is 4.93. The van der Waals surface area contributed by atoms with Crippen molar-refractivity contribution < 1.29 is 0 Å². The van der Waals surface area contributed by atoms with Gasteiger partial charge in [-0.1, -0.05) is 59.1 Å². The average Bonchev–Trinajstić information content (AvgIpc) is 2.27. The first-order valence-corrected chi connectivity index (χ1v) is 6.69. The van der Waals surface area contributed by atoms with Crippen LogP contribution in [0.25, 0.3) is 6.08 Å². The summed E-state index contributed by atoms with van der Waals surface area (Å²) in [7, 11) is 0. The molecule has 0 spiro atoms. The minimum atomic E-state index is 0.789. The molecule has 1 nitrogen and oxygen atoms in total. The molecule has 88 valence electrons. The van der Waals surface area contributed by atoms with Gasteiger partial charge in [0.05, 0.1) is 0 Å². The van der Waals surface area contributed by atoms with E-state index >= 15 is 0 Å². The zero-order valence-corrected chi connectivity index (χ0v) is 12.0. The predicted molar refractivity (Wildman–Crippen MR) is 76.0 cm³/mol. The Kier molecular flexibility index (Phi) is 6.10. The first kappa shape index (κ1) is 13.8. The van der Waals surface area contributed by atoms with Gasteiger partial charge in [0.2, 0.25) is 0 Å². The summed E-state index contributed by atoms with van der Waals surface area (Å²) in [5, 5.41) is 4.12. The lowest BCUT2D eigenvalue weighted by atomic mass is 10.1. The molecule has 0 aliphatic heterocycles. The molecule has 3 heteroatoms. The third-order valence-electron chi connectivity index (χ3n) is 2.38. The summed E-state index contributed by atoms with van der Waals surface area (Å²) >= 11 is 9.57. The Hall–Kier alpha value is -0.310. The van der Waals surface area contributed by atoms with Crippen LogP contribution in [0.5, 0.6) is 0 Å². The summed E-state index contributed by atoms with van der Waals surface area (Å²) in [5.41, 5.74) is 2.45. The molecular weight excluding hydrogens is 286 g/mol. The van der Waals surface area contributed by atoms with Crippen molar-refractivity contribution >= 4 is 33.6 Å². The van der Waals surface area contributed by atoms with Crippen LogP contribution in [0.15, 0.2) is 28.2 Å². The minimum Gasteiger partial charge on any atom is -0.313 e. The molecule has 0 saturated heterocycles. The maximum atomic E-state index is 6.17. The van der Waals surface area contributed by atoms with E-state index in [0.717, 1.165) is 34.6 Å². The third kappa shape index (κ3) is 4.28. The molecule has 0 atom stereocenters. The number of hydrogen-bond acceptors (Lipinski definition) is 1. The highest BCUT2D eigenvalue weighted by molar-refractivity contribution is 9.10. The lowest BCUT2D eigenvalue weighted by molar-refractivity contribution is 0.762. The molecule has 0 amide bonds. The first-order valence-electron chi connectivity index (χ1n) is 5.52. The van der Waals surface area contributed by atoms with Crippen LogP contribution in [0.3, 0.4) is 0 Å². The highest BCUT2D eigenvalue weighted by atomic mass is 79.9. The highest BCUT2D eigenvalue weighted by Gasteiger charge is 2.00. The van der Waals surface area contributed by atoms with Crippen molar-refractivity contribution in [2.24, 2.45) is 0 Å². The summed E-state index contributed by atoms with van der Waals surface area (Å²) in [4.78, 5) is 0. The normalized spacial score (nSPS) is 11.9. The molecule has 1 N–H and O–H groups in total. The quantitative estimate of drug-likeness (QED) is 0.844. The molecule has 0 saturated carbocycles. The fourth-order valence-electron chi connectivity index (χ4n) is 1.40. The van der Waals surface area contributed by atoms with E-state index in [1.165, 1.54) is 5.57 Å². The van der Waals surface area contributed by atoms with E-state index in [0.29, 0.717) is 0 Å². The van der Waals surface area contributed by atoms with E-state index in [4.69, 9.17) is 11.6 Å². The molecule has 1 aromatic carbocycles. The number of nitrogens with one attached hydrogen (secondary N) is 1. The second kappa shape index (κ2) is 7.10. The van der Waals surface area contributed by atoms with Crippen LogP contribution in [0.2, 0.25) is 5.02 Å². The number of benzene rings is 1. The zero-order valence-electron chi connectivity index (χ0n) is 9.69. The SMILES string of the molecule is CCNC/C(=C/c1ccc(Br)cc1Cl)CC. The van der Waals surface area contributed by atoms with Crippen molar-refractivity contribution in [3.8, 4) is 0 Å². The van der Waals surface area contributed by atoms with Crippen molar-refractivity contribution in [2.45, 2.75) is 20.3 Å². The van der Waals surface area contributed by atoms with Gasteiger partial charge in [-0.05, 0) is 30.7 Å². The predicted octanol–water partition coefficient (Wildman–Crippen LogP) is 4.51. The summed E-state index contributed by atoms with van der Waals surface area (Å²) in [6.07, 6.45) is 3.21. The fourth-order valence-corrected chi connectivity index (χ4v) is 2.13. The molecule has 0 unspecified atom stereocenters. The fraction of sp³-hybridized carbons (Fsp3) is 0.385. The largest absolute Gasteiger partial charge is 0.313 e. The second-order valence-electron chi connectivity index (χ2n) is 3.60. The Morgan fingerprint density at radius 1 is 1.44 bits per heavy atom. The van der Waals surface area contributed by atoms with Gasteiger partial charge >= 0.3 is 0 Å². The Morgan fingerprint density at radius 3 is 2.75 bits per heavy atom. The van der Waals surface area contributed by atoms with Crippen LogP contribution in [0.4, 0.5) is 0 Å². The first-order chi connectivity index (χ1) is 7.67. The van der Waals surface area contributed by atoms with E-state index in [1.54, 1.807) is 0 Å². The average molecular weight is 303 g/mol. The zero-order chi connectivity index (χ0) is 12.0. The summed E-state index contributed by atoms with van der Waals surface area (Å²) in [6.45, 7) is 6.20. The van der Waals surface area contributed by atoms with Crippen LogP contribution in [0.1, 0.15) is 25.8 Å². The van der Waals surface area contributed by atoms with Crippen LogP contribution in [-0.2, 0) is 0 Å². The van der Waals surface area contributed by atoms with Gasteiger partial charge in [0, 0.05) is 16.0 Å². The van der Waals surface area contributed by atoms with E-state index < -0.39 is 0 Å². The Labute approximate surface area is 111 Å². The standard InChI is InChI=1S/C13H17BrClN/c1-3-10(9-16-4-2)7-11-5-6-12(14)8-13(11)15/h5-8,16H,3-4,9H2,1-2H3/b10-7+. The van der Waals surface area contributed by atoms with Gasteiger partial charge < -0.3 is 5.32 Å². The van der Waals surface area contributed by atoms with Crippen molar-refractivity contribution in [1.29, 1.82) is 0 Å². The van der Waals surface area contributed by atoms with Gasteiger partial charge in [-0.2, -0.15) is 0 Å². The maximum Gasteiger partial charge on any atom is 0.0489 e. The summed E-state index contributed by atoms with van der Waals surface area (Å²) in [6, 6.07) is 5.97. The van der Waals surface area contributed by atoms with Crippen molar-refractivity contribution in [1.82, 2.24) is 5.32 Å². The number of likely N-dealkylation sites (N-methyl/N-ethyl adjacent to an activating group) is 1. The molecule has 0 heterocycles. The summed E-state index contributed by atoms with van der Waals surface area (Å²) in [5.74, 6) is 0. The van der Waals surface area contributed by atoms with Crippen LogP contribution >= 0.6 is 27.5 Å². The Morgan fingerprint density at radius 2 is 2.19 bits per heavy atom. The van der Waals surface area contributed by atoms with Crippen molar-refractivity contribution in [3.63, 3.8) is 0 Å². The number of halogens is 2. The molecule has 0 radical (unpaired) electrons. The van der Waals surface area contributed by atoms with Crippen molar-refractivity contribution in [3.05, 3.63) is 38.8 Å². The molecule has 0 bridgehead atoms. The molecule has 1 aromatic rings. The molecule has 16 heavy (non-hydrogen) atoms. The Balaban J connectivity index is 2.86. The van der Waals surface area contributed by atoms with Gasteiger partial charge in [-0.15, -0.1) is 0 Å². The molecule has 0 aromatic heterocycles. The number of rotatable bonds is 5. The molecule has 0 aliphatic rings. The molecular formula is C13H17BrClN. The van der Waals surface area contributed by atoms with E-state index in [-0.39, 0.29) is 0 Å². The molecule has 0 fully saturated rings. The topological polar surface area (TPSA) is 12.0 Å². The van der Waals surface area contributed by atoms with E-state index in [2.05, 4.69) is 41.2 Å². The smallest absolute Gasteiger partial charge is 0.0489 e. The molecule has 1 rings (SSSR count). The third-order valence-corrected chi connectivity index (χ3v) is 3.20. The lowest BCUT2D eigenvalue weighted by Gasteiger charge is -2.06. The van der Waals surface area contributed by atoms with E-state index in [9.17, 15) is 0 Å². The van der Waals surface area contributed by atoms with Gasteiger partial charge in [0.15, 0.2) is 0 Å². The highest BCUT2D eigenvalue weighted by Crippen LogP contribution is 2.23. The van der Waals surface area contributed by atoms with Gasteiger partial charge in [-0.25, -0.2) is 0 Å². The molecule has 0 aliphatic carbocycles. The van der Waals surface area contributed by atoms with Gasteiger partial charge in [-0.3, -0.25) is 0 Å². The monoisotopic (exact) mass is 301 g/mol. The van der Waals surface area contributed by atoms with Crippen molar-refractivity contribution in [2.75, 3.05) is 13.1 Å². The van der Waals surface area contributed by atoms with Gasteiger partial charge in [0.25, 0.3) is 0 Å². The van der Waals surface area contributed by atoms with E-state index in [1.807, 2.05) is 18.2 Å². The summed E-state index contributed by atoms with van der Waals surface area (Å²) < 4.78 is 1.01. The van der Waals surface area contributed by atoms with Crippen LogP contribution in [0, 0.1) is 0 Å². The van der Waals surface area contributed by atoms with Crippen LogP contribution < -0.4 is 5.32 Å². The Bertz CT molecular complexity index is 374. The number of hydrogen-bond donors (Lipinski definition) is 1. The minimum absolute atomic E-state index is 0.789.